The van der Waals surface area contributed by atoms with Crippen LogP contribution in [0.25, 0.3) is 22.3 Å². The zero-order valence-electron chi connectivity index (χ0n) is 12.1. The molecular formula is C15H13N5O3. The molecule has 8 nitrogen and oxygen atoms in total. The molecule has 0 radical (unpaired) electrons. The van der Waals surface area contributed by atoms with Gasteiger partial charge in [-0.15, -0.1) is 0 Å². The summed E-state index contributed by atoms with van der Waals surface area (Å²) in [6.45, 7) is 0. The molecule has 3 rings (SSSR count). The van der Waals surface area contributed by atoms with Crippen molar-refractivity contribution in [1.29, 1.82) is 0 Å². The molecule has 4 N–H and O–H groups in total. The number of nitrogens with two attached hydrogens (primary N) is 1. The van der Waals surface area contributed by atoms with Crippen LogP contribution in [0, 0.1) is 0 Å². The van der Waals surface area contributed by atoms with E-state index in [-0.39, 0.29) is 11.6 Å². The molecule has 8 heteroatoms. The first-order valence-corrected chi connectivity index (χ1v) is 6.64. The molecule has 23 heavy (non-hydrogen) atoms. The van der Waals surface area contributed by atoms with Crippen LogP contribution in [0.2, 0.25) is 0 Å². The molecule has 0 aliphatic carbocycles. The zero-order chi connectivity index (χ0) is 16.4. The van der Waals surface area contributed by atoms with E-state index in [1.54, 1.807) is 13.3 Å². The van der Waals surface area contributed by atoms with Crippen molar-refractivity contribution in [1.82, 2.24) is 15.0 Å². The van der Waals surface area contributed by atoms with Crippen molar-refractivity contribution < 1.29 is 14.6 Å². The van der Waals surface area contributed by atoms with Gasteiger partial charge in [0, 0.05) is 11.6 Å². The summed E-state index contributed by atoms with van der Waals surface area (Å²) in [6.07, 6.45) is 0.368. The number of benzene rings is 1. The lowest BCUT2D eigenvalue weighted by atomic mass is 10.1. The van der Waals surface area contributed by atoms with Crippen LogP contribution in [-0.2, 0) is 0 Å². The number of hydrogen-bond acceptors (Lipinski definition) is 6. The van der Waals surface area contributed by atoms with Gasteiger partial charge < -0.3 is 15.6 Å². The van der Waals surface area contributed by atoms with Crippen molar-refractivity contribution in [3.63, 3.8) is 0 Å². The number of amides is 1. The number of carboxylic acid groups (broad SMARTS) is 1. The molecule has 1 aromatic carbocycles. The molecule has 0 atom stereocenters. The molecule has 1 amide bonds. The lowest BCUT2D eigenvalue weighted by Crippen LogP contribution is -2.10. The van der Waals surface area contributed by atoms with Crippen LogP contribution in [0.4, 0.5) is 16.4 Å². The minimum atomic E-state index is -1.22. The van der Waals surface area contributed by atoms with Gasteiger partial charge in [0.25, 0.3) is 0 Å². The van der Waals surface area contributed by atoms with Crippen molar-refractivity contribution in [2.45, 2.75) is 0 Å². The lowest BCUT2D eigenvalue weighted by Gasteiger charge is -2.07. The molecule has 0 saturated heterocycles. The lowest BCUT2D eigenvalue weighted by molar-refractivity contribution is 0.209. The number of nitrogen functional groups attached to an aromatic ring is 1. The largest absolute Gasteiger partial charge is 0.497 e. The fourth-order valence-corrected chi connectivity index (χ4v) is 2.11. The highest BCUT2D eigenvalue weighted by molar-refractivity contribution is 5.91. The molecule has 116 valence electrons. The summed E-state index contributed by atoms with van der Waals surface area (Å²) in [5, 5.41) is 10.9. The van der Waals surface area contributed by atoms with Crippen LogP contribution in [0.3, 0.4) is 0 Å². The number of methoxy groups -OCH3 is 1. The minimum absolute atomic E-state index is 0.106. The average Bonchev–Trinajstić information content (AvgIpc) is 2.54. The molecule has 0 saturated carbocycles. The SMILES string of the molecule is COc1ccc(-c2cnc3cc(NC(=O)O)nc(N)c3n2)cc1. The third-order valence-electron chi connectivity index (χ3n) is 3.18. The van der Waals surface area contributed by atoms with E-state index in [9.17, 15) is 4.79 Å². The number of nitrogens with one attached hydrogen (secondary N) is 1. The van der Waals surface area contributed by atoms with Gasteiger partial charge in [-0.3, -0.25) is 10.3 Å². The number of pyridine rings is 1. The van der Waals surface area contributed by atoms with Crippen LogP contribution in [0.15, 0.2) is 36.5 Å². The summed E-state index contributed by atoms with van der Waals surface area (Å²) < 4.78 is 5.12. The molecule has 0 aliphatic rings. The molecular weight excluding hydrogens is 298 g/mol. The summed E-state index contributed by atoms with van der Waals surface area (Å²) in [5.41, 5.74) is 8.21. The Morgan fingerprint density at radius 1 is 1.26 bits per heavy atom. The highest BCUT2D eigenvalue weighted by atomic mass is 16.5. The van der Waals surface area contributed by atoms with E-state index >= 15 is 0 Å². The van der Waals surface area contributed by atoms with Crippen molar-refractivity contribution >= 4 is 28.8 Å². The van der Waals surface area contributed by atoms with Crippen LogP contribution in [-0.4, -0.2) is 33.3 Å². The van der Waals surface area contributed by atoms with E-state index in [1.165, 1.54) is 6.07 Å². The van der Waals surface area contributed by atoms with Crippen molar-refractivity contribution in [2.24, 2.45) is 0 Å². The van der Waals surface area contributed by atoms with E-state index < -0.39 is 6.09 Å². The highest BCUT2D eigenvalue weighted by Crippen LogP contribution is 2.25. The summed E-state index contributed by atoms with van der Waals surface area (Å²) in [4.78, 5) is 23.4. The number of hydrogen-bond donors (Lipinski definition) is 3. The van der Waals surface area contributed by atoms with Crippen LogP contribution in [0.1, 0.15) is 0 Å². The summed E-state index contributed by atoms with van der Waals surface area (Å²) >= 11 is 0. The smallest absolute Gasteiger partial charge is 0.410 e. The molecule has 0 aliphatic heterocycles. The van der Waals surface area contributed by atoms with Gasteiger partial charge in [0.15, 0.2) is 5.82 Å². The van der Waals surface area contributed by atoms with Gasteiger partial charge >= 0.3 is 6.09 Å². The van der Waals surface area contributed by atoms with E-state index in [1.807, 2.05) is 24.3 Å². The number of carbonyl (C=O) groups is 1. The van der Waals surface area contributed by atoms with E-state index in [0.29, 0.717) is 16.7 Å². The number of nitrogens with zero attached hydrogens (tertiary/aromatic N) is 3. The first-order chi connectivity index (χ1) is 11.1. The minimum Gasteiger partial charge on any atom is -0.497 e. The third kappa shape index (κ3) is 2.95. The molecule has 3 aromatic rings. The monoisotopic (exact) mass is 311 g/mol. The van der Waals surface area contributed by atoms with Crippen molar-refractivity contribution in [3.05, 3.63) is 36.5 Å². The van der Waals surface area contributed by atoms with Gasteiger partial charge in [-0.25, -0.2) is 14.8 Å². The third-order valence-corrected chi connectivity index (χ3v) is 3.18. The summed E-state index contributed by atoms with van der Waals surface area (Å²) in [7, 11) is 1.60. The predicted molar refractivity (Wildman–Crippen MR) is 85.4 cm³/mol. The molecule has 2 heterocycles. The molecule has 0 bridgehead atoms. The topological polar surface area (TPSA) is 123 Å². The number of anilines is 2. The quantitative estimate of drug-likeness (QED) is 0.678. The maximum absolute atomic E-state index is 10.7. The Morgan fingerprint density at radius 2 is 2.00 bits per heavy atom. The van der Waals surface area contributed by atoms with Gasteiger partial charge in [0.2, 0.25) is 0 Å². The van der Waals surface area contributed by atoms with Crippen LogP contribution >= 0.6 is 0 Å². The van der Waals surface area contributed by atoms with Crippen molar-refractivity contribution in [3.8, 4) is 17.0 Å². The average molecular weight is 311 g/mol. The maximum Gasteiger partial charge on any atom is 0.410 e. The first-order valence-electron chi connectivity index (χ1n) is 6.64. The maximum atomic E-state index is 10.7. The van der Waals surface area contributed by atoms with Crippen LogP contribution in [0.5, 0.6) is 5.75 Å². The van der Waals surface area contributed by atoms with Gasteiger partial charge in [-0.05, 0) is 24.3 Å². The Bertz CT molecular complexity index is 880. The summed E-state index contributed by atoms with van der Waals surface area (Å²) in [6, 6.07) is 8.84. The van der Waals surface area contributed by atoms with Gasteiger partial charge in [0.05, 0.1) is 24.5 Å². The zero-order valence-corrected chi connectivity index (χ0v) is 12.1. The predicted octanol–water partition coefficient (Wildman–Crippen LogP) is 2.37. The Morgan fingerprint density at radius 3 is 2.65 bits per heavy atom. The Labute approximate surface area is 131 Å². The Kier molecular flexibility index (Phi) is 3.63. The molecule has 0 spiro atoms. The van der Waals surface area contributed by atoms with Gasteiger partial charge in [-0.2, -0.15) is 0 Å². The Balaban J connectivity index is 2.04. The molecule has 0 fully saturated rings. The standard InChI is InChI=1S/C15H13N5O3/c1-23-9-4-2-8(3-5-9)11-7-17-10-6-12(20-15(21)22)19-14(16)13(10)18-11/h2-7H,1H3,(H,21,22)(H3,16,19,20). The second-order valence-corrected chi connectivity index (χ2v) is 4.67. The van der Waals surface area contributed by atoms with Crippen LogP contribution < -0.4 is 15.8 Å². The van der Waals surface area contributed by atoms with E-state index in [4.69, 9.17) is 15.6 Å². The second kappa shape index (κ2) is 5.76. The Hall–Kier alpha value is -3.42. The fourth-order valence-electron chi connectivity index (χ4n) is 2.11. The van der Waals surface area contributed by atoms with E-state index in [2.05, 4.69) is 20.3 Å². The number of ether oxygens (including phenoxy) is 1. The first kappa shape index (κ1) is 14.5. The highest BCUT2D eigenvalue weighted by Gasteiger charge is 2.10. The fraction of sp³-hybridized carbons (Fsp3) is 0.0667. The second-order valence-electron chi connectivity index (χ2n) is 4.67. The molecule has 2 aromatic heterocycles. The van der Waals surface area contributed by atoms with Gasteiger partial charge in [-0.1, -0.05) is 0 Å². The van der Waals surface area contributed by atoms with Crippen molar-refractivity contribution in [2.75, 3.05) is 18.2 Å². The number of fused-ring (bicyclic) bond motifs is 1. The van der Waals surface area contributed by atoms with E-state index in [0.717, 1.165) is 11.3 Å². The molecule has 0 unspecified atom stereocenters. The number of aromatic nitrogens is 3. The number of rotatable bonds is 3. The summed E-state index contributed by atoms with van der Waals surface area (Å²) in [5.74, 6) is 0.955. The normalized spacial score (nSPS) is 10.5. The van der Waals surface area contributed by atoms with Gasteiger partial charge in [0.1, 0.15) is 17.1 Å².